The fraction of sp³-hybridized carbons (Fsp3) is 0.864. The fourth-order valence-corrected chi connectivity index (χ4v) is 5.98. The van der Waals surface area contributed by atoms with Gasteiger partial charge in [-0.15, -0.1) is 0 Å². The zero-order chi connectivity index (χ0) is 25.6. The van der Waals surface area contributed by atoms with E-state index in [1.807, 2.05) is 0 Å². The number of carbonyl (C=O) groups is 3. The minimum Gasteiger partial charge on any atom is -0.431 e. The summed E-state index contributed by atoms with van der Waals surface area (Å²) in [6.07, 6.45) is -1.22. The molecule has 0 spiro atoms. The van der Waals surface area contributed by atoms with E-state index in [4.69, 9.17) is 19.9 Å². The van der Waals surface area contributed by atoms with Gasteiger partial charge in [0, 0.05) is 12.8 Å². The van der Waals surface area contributed by atoms with Gasteiger partial charge in [0.1, 0.15) is 12.3 Å². The molecule has 3 aliphatic carbocycles. The second-order valence-corrected chi connectivity index (χ2v) is 11.9. The van der Waals surface area contributed by atoms with Crippen molar-refractivity contribution in [1.82, 2.24) is 0 Å². The van der Waals surface area contributed by atoms with Crippen LogP contribution in [0.5, 0.6) is 0 Å². The van der Waals surface area contributed by atoms with Crippen LogP contribution in [0.1, 0.15) is 53.4 Å². The quantitative estimate of drug-likeness (QED) is 0.309. The summed E-state index contributed by atoms with van der Waals surface area (Å²) in [5, 5.41) is 0. The number of ether oxygens (including phenoxy) is 3. The molecule has 0 radical (unpaired) electrons. The molecule has 0 aromatic rings. The Kier molecular flexibility index (Phi) is 7.52. The Bertz CT molecular complexity index is 925. The SMILES string of the molecule is CC(C)[C@@H]1CC[C@@H](C)C[C@H]1OC(=O)O[C@@H](C)OC(=O)[C@H]1[C@@H]2C[C@H](F)[C@@](N)(C(=O)OS(C)(=O)=O)[C@@H]21. The van der Waals surface area contributed by atoms with E-state index < -0.39 is 64.0 Å². The number of carbonyl (C=O) groups excluding carboxylic acids is 3. The average molecular weight is 508 g/mol. The van der Waals surface area contributed by atoms with Crippen molar-refractivity contribution in [3.8, 4) is 0 Å². The molecule has 0 aliphatic heterocycles. The smallest absolute Gasteiger partial charge is 0.431 e. The molecule has 2 N–H and O–H groups in total. The van der Waals surface area contributed by atoms with Gasteiger partial charge in [0.15, 0.2) is 5.54 Å². The summed E-state index contributed by atoms with van der Waals surface area (Å²) in [6, 6.07) is 0. The lowest BCUT2D eigenvalue weighted by atomic mass is 9.75. The Morgan fingerprint density at radius 1 is 1.09 bits per heavy atom. The van der Waals surface area contributed by atoms with Crippen molar-refractivity contribution in [2.75, 3.05) is 6.26 Å². The molecule has 12 heteroatoms. The van der Waals surface area contributed by atoms with Crippen molar-refractivity contribution in [2.45, 2.75) is 77.5 Å². The lowest BCUT2D eigenvalue weighted by molar-refractivity contribution is -0.173. The van der Waals surface area contributed by atoms with Crippen LogP contribution in [0.3, 0.4) is 0 Å². The van der Waals surface area contributed by atoms with E-state index in [-0.39, 0.29) is 18.4 Å². The van der Waals surface area contributed by atoms with Gasteiger partial charge >= 0.3 is 28.2 Å². The topological polar surface area (TPSA) is 148 Å². The van der Waals surface area contributed by atoms with Gasteiger partial charge in [0.2, 0.25) is 6.29 Å². The lowest BCUT2D eigenvalue weighted by Gasteiger charge is -2.36. The largest absolute Gasteiger partial charge is 0.511 e. The first-order valence-corrected chi connectivity index (χ1v) is 13.4. The highest BCUT2D eigenvalue weighted by atomic mass is 32.2. The summed E-state index contributed by atoms with van der Waals surface area (Å²) in [5.74, 6) is -3.81. The summed E-state index contributed by atoms with van der Waals surface area (Å²) in [5.41, 5.74) is 3.63. The van der Waals surface area contributed by atoms with E-state index in [0.717, 1.165) is 19.3 Å². The molecule has 0 saturated heterocycles. The molecule has 9 atom stereocenters. The van der Waals surface area contributed by atoms with Gasteiger partial charge in [0.25, 0.3) is 0 Å². The Morgan fingerprint density at radius 2 is 1.74 bits per heavy atom. The molecule has 0 aromatic heterocycles. The van der Waals surface area contributed by atoms with Crippen molar-refractivity contribution < 1.29 is 45.6 Å². The van der Waals surface area contributed by atoms with Crippen molar-refractivity contribution >= 4 is 28.2 Å². The van der Waals surface area contributed by atoms with Gasteiger partial charge in [-0.1, -0.05) is 27.2 Å². The number of esters is 1. The zero-order valence-corrected chi connectivity index (χ0v) is 20.9. The molecule has 34 heavy (non-hydrogen) atoms. The van der Waals surface area contributed by atoms with E-state index in [2.05, 4.69) is 25.0 Å². The van der Waals surface area contributed by atoms with Crippen LogP contribution in [-0.2, 0) is 38.1 Å². The minimum atomic E-state index is -4.21. The highest BCUT2D eigenvalue weighted by molar-refractivity contribution is 7.86. The lowest BCUT2D eigenvalue weighted by Crippen LogP contribution is -2.57. The zero-order valence-electron chi connectivity index (χ0n) is 20.1. The maximum Gasteiger partial charge on any atom is 0.511 e. The van der Waals surface area contributed by atoms with Gasteiger partial charge < -0.3 is 24.1 Å². The summed E-state index contributed by atoms with van der Waals surface area (Å²) in [7, 11) is -4.21. The van der Waals surface area contributed by atoms with Crippen LogP contribution < -0.4 is 5.73 Å². The number of halogens is 1. The molecular formula is C22H34FNO9S. The molecule has 0 unspecified atom stereocenters. The van der Waals surface area contributed by atoms with E-state index in [1.54, 1.807) is 0 Å². The van der Waals surface area contributed by atoms with E-state index in [1.165, 1.54) is 6.92 Å². The van der Waals surface area contributed by atoms with Crippen LogP contribution >= 0.6 is 0 Å². The molecule has 194 valence electrons. The predicted molar refractivity (Wildman–Crippen MR) is 116 cm³/mol. The normalized spacial score (nSPS) is 37.9. The Labute approximate surface area is 199 Å². The highest BCUT2D eigenvalue weighted by Gasteiger charge is 2.75. The maximum atomic E-state index is 14.4. The van der Waals surface area contributed by atoms with Crippen LogP contribution in [0.4, 0.5) is 9.18 Å². The van der Waals surface area contributed by atoms with Gasteiger partial charge in [-0.3, -0.25) is 4.79 Å². The molecule has 0 bridgehead atoms. The number of rotatable bonds is 7. The summed E-state index contributed by atoms with van der Waals surface area (Å²) < 4.78 is 57.1. The highest BCUT2D eigenvalue weighted by Crippen LogP contribution is 2.63. The molecule has 3 aliphatic rings. The molecule has 3 saturated carbocycles. The van der Waals surface area contributed by atoms with Crippen molar-refractivity contribution in [2.24, 2.45) is 41.2 Å². The van der Waals surface area contributed by atoms with Crippen molar-refractivity contribution in [1.29, 1.82) is 0 Å². The molecule has 0 heterocycles. The number of alkyl halides is 1. The maximum absolute atomic E-state index is 14.4. The number of hydrogen-bond donors (Lipinski definition) is 1. The first-order chi connectivity index (χ1) is 15.6. The monoisotopic (exact) mass is 507 g/mol. The van der Waals surface area contributed by atoms with E-state index in [9.17, 15) is 27.2 Å². The Balaban J connectivity index is 1.54. The first-order valence-electron chi connectivity index (χ1n) is 11.6. The molecule has 3 fully saturated rings. The van der Waals surface area contributed by atoms with E-state index in [0.29, 0.717) is 18.1 Å². The number of fused-ring (bicyclic) bond motifs is 1. The fourth-order valence-electron chi connectivity index (χ4n) is 5.56. The minimum absolute atomic E-state index is 0.213. The second-order valence-electron chi connectivity index (χ2n) is 10.3. The molecule has 3 rings (SSSR count). The third-order valence-electron chi connectivity index (χ3n) is 7.32. The molecule has 0 aromatic carbocycles. The van der Waals surface area contributed by atoms with Crippen LogP contribution in [0.2, 0.25) is 0 Å². The summed E-state index contributed by atoms with van der Waals surface area (Å²) in [6.45, 7) is 7.58. The Hall–Kier alpha value is -1.95. The van der Waals surface area contributed by atoms with Crippen LogP contribution in [0.15, 0.2) is 0 Å². The Morgan fingerprint density at radius 3 is 2.32 bits per heavy atom. The molecule has 10 nitrogen and oxygen atoms in total. The van der Waals surface area contributed by atoms with Crippen LogP contribution in [0, 0.1) is 35.5 Å². The van der Waals surface area contributed by atoms with Crippen molar-refractivity contribution in [3.05, 3.63) is 0 Å². The first kappa shape index (κ1) is 26.7. The molecule has 0 amide bonds. The third kappa shape index (κ3) is 5.48. The van der Waals surface area contributed by atoms with Crippen molar-refractivity contribution in [3.63, 3.8) is 0 Å². The molecular weight excluding hydrogens is 473 g/mol. The summed E-state index contributed by atoms with van der Waals surface area (Å²) >= 11 is 0. The van der Waals surface area contributed by atoms with Gasteiger partial charge in [-0.05, 0) is 42.9 Å². The second kappa shape index (κ2) is 9.60. The van der Waals surface area contributed by atoms with Gasteiger partial charge in [-0.2, -0.15) is 8.42 Å². The summed E-state index contributed by atoms with van der Waals surface area (Å²) in [4.78, 5) is 37.1. The van der Waals surface area contributed by atoms with Crippen LogP contribution in [0.25, 0.3) is 0 Å². The number of nitrogens with two attached hydrogens (primary N) is 1. The average Bonchev–Trinajstić information content (AvgIpc) is 3.32. The number of hydrogen-bond acceptors (Lipinski definition) is 10. The standard InChI is InChI=1S/C22H34FNO9S/c1-10(2)13-7-6-11(3)8-15(13)32-21(27)31-12(4)30-19(25)17-14-9-16(23)22(24,18(14)17)20(26)33-34(5,28)29/h10-18H,6-9,24H2,1-5H3/t11-,12+,13+,14+,15-,16+,17+,18+,22+/m1/s1. The van der Waals surface area contributed by atoms with Gasteiger partial charge in [0.05, 0.1) is 12.2 Å². The van der Waals surface area contributed by atoms with Crippen LogP contribution in [-0.4, -0.2) is 56.9 Å². The van der Waals surface area contributed by atoms with Gasteiger partial charge in [-0.25, -0.2) is 14.0 Å². The predicted octanol–water partition coefficient (Wildman–Crippen LogP) is 2.29. The third-order valence-corrected chi connectivity index (χ3v) is 7.78. The van der Waals surface area contributed by atoms with E-state index >= 15 is 0 Å².